The molecular formula is C22H21ClN2O4. The lowest BCUT2D eigenvalue weighted by Gasteiger charge is -2.11. The van der Waals surface area contributed by atoms with Gasteiger partial charge < -0.3 is 19.1 Å². The van der Waals surface area contributed by atoms with E-state index in [1.807, 2.05) is 41.1 Å². The smallest absolute Gasteiger partial charge is 0.335 e. The van der Waals surface area contributed by atoms with Crippen molar-refractivity contribution in [3.8, 4) is 5.75 Å². The molecule has 0 unspecified atom stereocenters. The fourth-order valence-electron chi connectivity index (χ4n) is 2.77. The molecule has 0 aliphatic heterocycles. The number of carbonyl (C=O) groups is 1. The number of carboxylic acids is 1. The van der Waals surface area contributed by atoms with Gasteiger partial charge in [0.2, 0.25) is 0 Å². The van der Waals surface area contributed by atoms with Gasteiger partial charge >= 0.3 is 5.97 Å². The summed E-state index contributed by atoms with van der Waals surface area (Å²) >= 11 is 6.28. The molecule has 0 bridgehead atoms. The third-order valence-electron chi connectivity index (χ3n) is 4.27. The number of aromatic nitrogens is 2. The third-order valence-corrected chi connectivity index (χ3v) is 4.59. The van der Waals surface area contributed by atoms with Crippen molar-refractivity contribution in [1.82, 2.24) is 9.55 Å². The molecule has 0 saturated heterocycles. The molecule has 0 radical (unpaired) electrons. The molecule has 0 fully saturated rings. The SMILES string of the molecule is COc1ccc(COC/C(=C\c2ccc(C(=O)O)cc2Cl)Cn2ccnc2)cc1. The van der Waals surface area contributed by atoms with Crippen molar-refractivity contribution in [2.75, 3.05) is 13.7 Å². The topological polar surface area (TPSA) is 73.6 Å². The van der Waals surface area contributed by atoms with Gasteiger partial charge in [-0.15, -0.1) is 0 Å². The van der Waals surface area contributed by atoms with Gasteiger partial charge in [0.05, 0.1) is 32.2 Å². The van der Waals surface area contributed by atoms with Gasteiger partial charge in [-0.05, 0) is 41.0 Å². The van der Waals surface area contributed by atoms with E-state index in [0.29, 0.717) is 24.8 Å². The Kier molecular flexibility index (Phi) is 7.05. The highest BCUT2D eigenvalue weighted by Gasteiger charge is 2.08. The standard InChI is InChI=1S/C22H21ClN2O4/c1-28-20-6-2-16(3-7-20)13-29-14-17(12-25-9-8-24-15-25)10-18-4-5-19(22(26)27)11-21(18)23/h2-11,15H,12-14H2,1H3,(H,26,27)/b17-10-. The van der Waals surface area contributed by atoms with E-state index in [1.54, 1.807) is 25.7 Å². The van der Waals surface area contributed by atoms with E-state index >= 15 is 0 Å². The molecule has 1 heterocycles. The summed E-state index contributed by atoms with van der Waals surface area (Å²) < 4.78 is 13.0. The Hall–Kier alpha value is -3.09. The Bertz CT molecular complexity index is 983. The van der Waals surface area contributed by atoms with Crippen molar-refractivity contribution < 1.29 is 19.4 Å². The average Bonchev–Trinajstić information content (AvgIpc) is 3.23. The summed E-state index contributed by atoms with van der Waals surface area (Å²) in [7, 11) is 1.63. The molecule has 6 nitrogen and oxygen atoms in total. The number of methoxy groups -OCH3 is 1. The van der Waals surface area contributed by atoms with Crippen molar-refractivity contribution in [2.45, 2.75) is 13.2 Å². The van der Waals surface area contributed by atoms with Crippen LogP contribution in [0.3, 0.4) is 0 Å². The second kappa shape index (κ2) is 9.91. The van der Waals surface area contributed by atoms with Crippen LogP contribution in [-0.4, -0.2) is 34.3 Å². The highest BCUT2D eigenvalue weighted by Crippen LogP contribution is 2.22. The van der Waals surface area contributed by atoms with Crippen molar-refractivity contribution in [3.63, 3.8) is 0 Å². The zero-order valence-corrected chi connectivity index (χ0v) is 16.7. The predicted molar refractivity (Wildman–Crippen MR) is 111 cm³/mol. The number of carboxylic acid groups (broad SMARTS) is 1. The van der Waals surface area contributed by atoms with E-state index in [1.165, 1.54) is 12.1 Å². The molecule has 0 aliphatic rings. The van der Waals surface area contributed by atoms with Crippen molar-refractivity contribution in [2.24, 2.45) is 0 Å². The first-order chi connectivity index (χ1) is 14.0. The Labute approximate surface area is 174 Å². The normalized spacial score (nSPS) is 11.4. The van der Waals surface area contributed by atoms with Crippen LogP contribution in [0.2, 0.25) is 5.02 Å². The van der Waals surface area contributed by atoms with Gasteiger partial charge in [-0.25, -0.2) is 9.78 Å². The van der Waals surface area contributed by atoms with Crippen LogP contribution in [0, 0.1) is 0 Å². The molecule has 0 aliphatic carbocycles. The lowest BCUT2D eigenvalue weighted by Crippen LogP contribution is -2.06. The minimum Gasteiger partial charge on any atom is -0.497 e. The Morgan fingerprint density at radius 2 is 2.03 bits per heavy atom. The van der Waals surface area contributed by atoms with Gasteiger partial charge in [-0.1, -0.05) is 35.9 Å². The minimum atomic E-state index is -1.01. The third kappa shape index (κ3) is 5.94. The molecule has 29 heavy (non-hydrogen) atoms. The average molecular weight is 413 g/mol. The molecule has 0 spiro atoms. The first-order valence-corrected chi connectivity index (χ1v) is 9.31. The van der Waals surface area contributed by atoms with Crippen molar-refractivity contribution in [1.29, 1.82) is 0 Å². The molecule has 3 rings (SSSR count). The van der Waals surface area contributed by atoms with Crippen molar-refractivity contribution in [3.05, 3.63) is 88.5 Å². The van der Waals surface area contributed by atoms with Gasteiger partial charge in [0.15, 0.2) is 0 Å². The van der Waals surface area contributed by atoms with E-state index in [2.05, 4.69) is 4.98 Å². The zero-order valence-electron chi connectivity index (χ0n) is 15.9. The van der Waals surface area contributed by atoms with E-state index < -0.39 is 5.97 Å². The highest BCUT2D eigenvalue weighted by atomic mass is 35.5. The van der Waals surface area contributed by atoms with Crippen LogP contribution in [0.1, 0.15) is 21.5 Å². The number of nitrogens with zero attached hydrogens (tertiary/aromatic N) is 2. The fourth-order valence-corrected chi connectivity index (χ4v) is 3.00. The molecule has 150 valence electrons. The van der Waals surface area contributed by atoms with Gasteiger partial charge in [-0.2, -0.15) is 0 Å². The summed E-state index contributed by atoms with van der Waals surface area (Å²) in [6.45, 7) is 1.43. The van der Waals surface area contributed by atoms with Crippen LogP contribution in [0.5, 0.6) is 5.75 Å². The quantitative estimate of drug-likeness (QED) is 0.558. The molecule has 3 aromatic rings. The molecule has 0 saturated carbocycles. The van der Waals surface area contributed by atoms with Gasteiger partial charge in [0, 0.05) is 24.0 Å². The number of imidazole rings is 1. The monoisotopic (exact) mass is 412 g/mol. The number of rotatable bonds is 9. The van der Waals surface area contributed by atoms with E-state index in [9.17, 15) is 4.79 Å². The number of halogens is 1. The molecule has 2 aromatic carbocycles. The summed E-state index contributed by atoms with van der Waals surface area (Å²) in [5.74, 6) is -0.210. The zero-order chi connectivity index (χ0) is 20.6. The highest BCUT2D eigenvalue weighted by molar-refractivity contribution is 6.32. The van der Waals surface area contributed by atoms with Crippen molar-refractivity contribution >= 4 is 23.6 Å². The second-order valence-electron chi connectivity index (χ2n) is 6.42. The van der Waals surface area contributed by atoms with Crippen LogP contribution < -0.4 is 4.74 Å². The van der Waals surface area contributed by atoms with E-state index in [0.717, 1.165) is 22.4 Å². The molecular weight excluding hydrogens is 392 g/mol. The van der Waals surface area contributed by atoms with Crippen LogP contribution >= 0.6 is 11.6 Å². The van der Waals surface area contributed by atoms with Gasteiger partial charge in [-0.3, -0.25) is 0 Å². The molecule has 1 N–H and O–H groups in total. The first kappa shape index (κ1) is 20.6. The molecule has 1 aromatic heterocycles. The van der Waals surface area contributed by atoms with Gasteiger partial charge in [0.1, 0.15) is 5.75 Å². The lowest BCUT2D eigenvalue weighted by atomic mass is 10.1. The maximum atomic E-state index is 11.1. The van der Waals surface area contributed by atoms with Gasteiger partial charge in [0.25, 0.3) is 0 Å². The maximum Gasteiger partial charge on any atom is 0.335 e. The molecule has 0 atom stereocenters. The van der Waals surface area contributed by atoms with Crippen LogP contribution in [0.25, 0.3) is 6.08 Å². The lowest BCUT2D eigenvalue weighted by molar-refractivity contribution is 0.0697. The Morgan fingerprint density at radius 1 is 1.24 bits per heavy atom. The summed E-state index contributed by atoms with van der Waals surface area (Å²) in [5, 5.41) is 9.48. The number of hydrogen-bond acceptors (Lipinski definition) is 4. The summed E-state index contributed by atoms with van der Waals surface area (Å²) in [5.41, 5.74) is 2.90. The second-order valence-corrected chi connectivity index (χ2v) is 6.83. The summed E-state index contributed by atoms with van der Waals surface area (Å²) in [6, 6.07) is 12.4. The van der Waals surface area contributed by atoms with E-state index in [-0.39, 0.29) is 5.56 Å². The molecule has 0 amide bonds. The number of aromatic carboxylic acids is 1. The largest absolute Gasteiger partial charge is 0.497 e. The van der Waals surface area contributed by atoms with Crippen LogP contribution in [0.15, 0.2) is 66.8 Å². The van der Waals surface area contributed by atoms with Crippen LogP contribution in [-0.2, 0) is 17.9 Å². The Balaban J connectivity index is 1.73. The summed E-state index contributed by atoms with van der Waals surface area (Å²) in [4.78, 5) is 15.2. The van der Waals surface area contributed by atoms with E-state index in [4.69, 9.17) is 26.2 Å². The van der Waals surface area contributed by atoms with Crippen LogP contribution in [0.4, 0.5) is 0 Å². The maximum absolute atomic E-state index is 11.1. The molecule has 7 heteroatoms. The fraction of sp³-hybridized carbons (Fsp3) is 0.182. The predicted octanol–water partition coefficient (Wildman–Crippen LogP) is 4.54. The minimum absolute atomic E-state index is 0.152. The number of hydrogen-bond donors (Lipinski definition) is 1. The summed E-state index contributed by atoms with van der Waals surface area (Å²) in [6.07, 6.45) is 7.23. The number of ether oxygens (including phenoxy) is 2. The first-order valence-electron chi connectivity index (χ1n) is 8.94. The number of benzene rings is 2. The Morgan fingerprint density at radius 3 is 2.66 bits per heavy atom.